The summed E-state index contributed by atoms with van der Waals surface area (Å²) < 4.78 is 5.69. The summed E-state index contributed by atoms with van der Waals surface area (Å²) in [6.45, 7) is 7.27. The zero-order valence-corrected chi connectivity index (χ0v) is 14.7. The van der Waals surface area contributed by atoms with Crippen molar-refractivity contribution in [2.75, 3.05) is 6.54 Å². The summed E-state index contributed by atoms with van der Waals surface area (Å²) >= 11 is 1.75. The summed E-state index contributed by atoms with van der Waals surface area (Å²) in [4.78, 5) is 9.95. The van der Waals surface area contributed by atoms with Crippen LogP contribution < -0.4 is 15.8 Å². The molecule has 3 N–H and O–H groups in total. The third kappa shape index (κ3) is 6.69. The Morgan fingerprint density at radius 2 is 2.17 bits per heavy atom. The van der Waals surface area contributed by atoms with E-state index in [1.165, 1.54) is 4.88 Å². The molecule has 5 nitrogen and oxygen atoms in total. The van der Waals surface area contributed by atoms with E-state index in [2.05, 4.69) is 32.8 Å². The van der Waals surface area contributed by atoms with Gasteiger partial charge in [0.2, 0.25) is 5.88 Å². The normalized spacial score (nSPS) is 12.2. The van der Waals surface area contributed by atoms with E-state index >= 15 is 0 Å². The molecule has 0 bridgehead atoms. The SMILES string of the molecule is CC(C)(C)Oc1ccc(CN=C(N)NCCc2cccs2)cn1. The molecule has 2 heterocycles. The maximum Gasteiger partial charge on any atom is 0.213 e. The Kier molecular flexibility index (Phi) is 5.98. The molecule has 0 spiro atoms. The number of aliphatic imine (C=N–C) groups is 1. The van der Waals surface area contributed by atoms with Gasteiger partial charge in [0.05, 0.1) is 6.54 Å². The van der Waals surface area contributed by atoms with Gasteiger partial charge in [-0.3, -0.25) is 0 Å². The van der Waals surface area contributed by atoms with Crippen molar-refractivity contribution in [2.45, 2.75) is 39.3 Å². The van der Waals surface area contributed by atoms with Crippen LogP contribution in [0.3, 0.4) is 0 Å². The minimum absolute atomic E-state index is 0.246. The summed E-state index contributed by atoms with van der Waals surface area (Å²) in [5.74, 6) is 1.07. The van der Waals surface area contributed by atoms with Crippen molar-refractivity contribution in [3.63, 3.8) is 0 Å². The summed E-state index contributed by atoms with van der Waals surface area (Å²) in [6.07, 6.45) is 2.72. The van der Waals surface area contributed by atoms with E-state index < -0.39 is 0 Å². The van der Waals surface area contributed by atoms with Crippen LogP contribution in [0.25, 0.3) is 0 Å². The minimum Gasteiger partial charge on any atom is -0.472 e. The molecule has 124 valence electrons. The zero-order chi connectivity index (χ0) is 16.7. The summed E-state index contributed by atoms with van der Waals surface area (Å²) in [5, 5.41) is 5.20. The number of guanidine groups is 1. The van der Waals surface area contributed by atoms with Crippen molar-refractivity contribution in [2.24, 2.45) is 10.7 Å². The van der Waals surface area contributed by atoms with Gasteiger partial charge >= 0.3 is 0 Å². The summed E-state index contributed by atoms with van der Waals surface area (Å²) in [7, 11) is 0. The Morgan fingerprint density at radius 1 is 1.35 bits per heavy atom. The number of ether oxygens (including phenoxy) is 1. The van der Waals surface area contributed by atoms with Gasteiger partial charge in [0.25, 0.3) is 0 Å². The summed E-state index contributed by atoms with van der Waals surface area (Å²) in [5.41, 5.74) is 6.62. The van der Waals surface area contributed by atoms with Gasteiger partial charge in [0.15, 0.2) is 5.96 Å². The first-order valence-corrected chi connectivity index (χ1v) is 8.50. The fourth-order valence-corrected chi connectivity index (χ4v) is 2.59. The molecule has 0 unspecified atom stereocenters. The largest absolute Gasteiger partial charge is 0.472 e. The van der Waals surface area contributed by atoms with Crippen molar-refractivity contribution in [3.8, 4) is 5.88 Å². The molecule has 2 rings (SSSR count). The lowest BCUT2D eigenvalue weighted by atomic mass is 10.2. The molecule has 0 saturated carbocycles. The molecule has 23 heavy (non-hydrogen) atoms. The molecule has 0 aliphatic heterocycles. The number of nitrogens with zero attached hydrogens (tertiary/aromatic N) is 2. The Labute approximate surface area is 141 Å². The van der Waals surface area contributed by atoms with E-state index in [0.717, 1.165) is 18.5 Å². The van der Waals surface area contributed by atoms with Crippen molar-refractivity contribution in [1.82, 2.24) is 10.3 Å². The monoisotopic (exact) mass is 332 g/mol. The van der Waals surface area contributed by atoms with Crippen LogP contribution in [-0.2, 0) is 13.0 Å². The standard InChI is InChI=1S/C17H24N4OS/c1-17(2,3)22-15-7-6-13(11-20-15)12-21-16(18)19-9-8-14-5-4-10-23-14/h4-7,10-11H,8-9,12H2,1-3H3,(H3,18,19,21). The smallest absolute Gasteiger partial charge is 0.213 e. The molecule has 6 heteroatoms. The molecule has 0 fully saturated rings. The highest BCUT2D eigenvalue weighted by Gasteiger charge is 2.12. The molecule has 0 aromatic carbocycles. The van der Waals surface area contributed by atoms with Crippen LogP contribution in [0, 0.1) is 0 Å². The molecule has 0 radical (unpaired) electrons. The van der Waals surface area contributed by atoms with E-state index in [9.17, 15) is 0 Å². The fourth-order valence-electron chi connectivity index (χ4n) is 1.88. The van der Waals surface area contributed by atoms with Gasteiger partial charge in [0, 0.05) is 23.7 Å². The second kappa shape index (κ2) is 7.97. The Morgan fingerprint density at radius 3 is 2.78 bits per heavy atom. The Hall–Kier alpha value is -2.08. The molecule has 2 aromatic heterocycles. The fraction of sp³-hybridized carbons (Fsp3) is 0.412. The number of aromatic nitrogens is 1. The first-order valence-electron chi connectivity index (χ1n) is 7.62. The molecular weight excluding hydrogens is 308 g/mol. The Balaban J connectivity index is 1.77. The number of hydrogen-bond acceptors (Lipinski definition) is 4. The molecule has 0 saturated heterocycles. The lowest BCUT2D eigenvalue weighted by Crippen LogP contribution is -2.33. The molecule has 2 aromatic rings. The average molecular weight is 332 g/mol. The van der Waals surface area contributed by atoms with E-state index in [1.54, 1.807) is 17.5 Å². The number of nitrogens with one attached hydrogen (secondary N) is 1. The molecule has 0 aliphatic carbocycles. The van der Waals surface area contributed by atoms with E-state index in [-0.39, 0.29) is 5.60 Å². The molecule has 0 atom stereocenters. The van der Waals surface area contributed by atoms with Gasteiger partial charge in [-0.15, -0.1) is 11.3 Å². The quantitative estimate of drug-likeness (QED) is 0.630. The first-order chi connectivity index (χ1) is 10.9. The van der Waals surface area contributed by atoms with Gasteiger partial charge in [0.1, 0.15) is 5.60 Å². The number of pyridine rings is 1. The summed E-state index contributed by atoms with van der Waals surface area (Å²) in [6, 6.07) is 7.98. The number of thiophene rings is 1. The van der Waals surface area contributed by atoms with Crippen molar-refractivity contribution < 1.29 is 4.74 Å². The van der Waals surface area contributed by atoms with Crippen LogP contribution in [0.5, 0.6) is 5.88 Å². The van der Waals surface area contributed by atoms with Crippen LogP contribution in [0.2, 0.25) is 0 Å². The van der Waals surface area contributed by atoms with Gasteiger partial charge in [-0.25, -0.2) is 9.98 Å². The van der Waals surface area contributed by atoms with Crippen LogP contribution in [0.4, 0.5) is 0 Å². The van der Waals surface area contributed by atoms with Crippen molar-refractivity contribution in [3.05, 3.63) is 46.3 Å². The van der Waals surface area contributed by atoms with Crippen LogP contribution in [0.15, 0.2) is 40.8 Å². The lowest BCUT2D eigenvalue weighted by molar-refractivity contribution is 0.124. The predicted octanol–water partition coefficient (Wildman–Crippen LogP) is 2.97. The van der Waals surface area contributed by atoms with Gasteiger partial charge in [-0.05, 0) is 44.2 Å². The minimum atomic E-state index is -0.246. The number of hydrogen-bond donors (Lipinski definition) is 2. The third-order valence-corrected chi connectivity index (χ3v) is 3.83. The van der Waals surface area contributed by atoms with Crippen LogP contribution in [-0.4, -0.2) is 23.1 Å². The molecule has 0 amide bonds. The van der Waals surface area contributed by atoms with Crippen molar-refractivity contribution >= 4 is 17.3 Å². The van der Waals surface area contributed by atoms with Crippen LogP contribution in [0.1, 0.15) is 31.2 Å². The highest BCUT2D eigenvalue weighted by atomic mass is 32.1. The predicted molar refractivity (Wildman–Crippen MR) is 96.0 cm³/mol. The van der Waals surface area contributed by atoms with E-state index in [4.69, 9.17) is 10.5 Å². The topological polar surface area (TPSA) is 72.5 Å². The maximum atomic E-state index is 5.87. The van der Waals surface area contributed by atoms with E-state index in [1.807, 2.05) is 32.9 Å². The van der Waals surface area contributed by atoms with E-state index in [0.29, 0.717) is 18.4 Å². The third-order valence-electron chi connectivity index (χ3n) is 2.90. The van der Waals surface area contributed by atoms with Crippen LogP contribution >= 0.6 is 11.3 Å². The van der Waals surface area contributed by atoms with Gasteiger partial charge in [-0.2, -0.15) is 0 Å². The molecule has 0 aliphatic rings. The van der Waals surface area contributed by atoms with Crippen molar-refractivity contribution in [1.29, 1.82) is 0 Å². The number of rotatable bonds is 6. The maximum absolute atomic E-state index is 5.87. The highest BCUT2D eigenvalue weighted by Crippen LogP contribution is 2.15. The van der Waals surface area contributed by atoms with Gasteiger partial charge in [-0.1, -0.05) is 12.1 Å². The average Bonchev–Trinajstić information content (AvgIpc) is 2.98. The Bertz CT molecular complexity index is 615. The lowest BCUT2D eigenvalue weighted by Gasteiger charge is -2.20. The second-order valence-electron chi connectivity index (χ2n) is 6.18. The first kappa shape index (κ1) is 17.3. The second-order valence-corrected chi connectivity index (χ2v) is 7.21. The zero-order valence-electron chi connectivity index (χ0n) is 13.9. The van der Waals surface area contributed by atoms with Gasteiger partial charge < -0.3 is 15.8 Å². The number of nitrogens with two attached hydrogens (primary N) is 1. The highest BCUT2D eigenvalue weighted by molar-refractivity contribution is 7.09. The molecular formula is C17H24N4OS.